The molecule has 2 aromatic rings. The molecule has 194 valence electrons. The summed E-state index contributed by atoms with van der Waals surface area (Å²) in [7, 11) is 0. The van der Waals surface area contributed by atoms with Crippen molar-refractivity contribution in [1.82, 2.24) is 14.8 Å². The average Bonchev–Trinajstić information content (AvgIpc) is 3.37. The molecule has 0 radical (unpaired) electrons. The molecule has 4 rings (SSSR count). The molecule has 36 heavy (non-hydrogen) atoms. The van der Waals surface area contributed by atoms with Crippen molar-refractivity contribution in [2.24, 2.45) is 0 Å². The topological polar surface area (TPSA) is 117 Å². The van der Waals surface area contributed by atoms with E-state index in [2.05, 4.69) is 16.0 Å². The van der Waals surface area contributed by atoms with E-state index in [0.717, 1.165) is 22.2 Å². The van der Waals surface area contributed by atoms with E-state index < -0.39 is 29.4 Å². The summed E-state index contributed by atoms with van der Waals surface area (Å²) in [6.45, 7) is 11.6. The molecule has 9 nitrogen and oxygen atoms in total. The van der Waals surface area contributed by atoms with Crippen molar-refractivity contribution < 1.29 is 24.2 Å². The van der Waals surface area contributed by atoms with Gasteiger partial charge in [0.1, 0.15) is 5.60 Å². The van der Waals surface area contributed by atoms with Crippen molar-refractivity contribution >= 4 is 23.1 Å². The zero-order valence-corrected chi connectivity index (χ0v) is 21.9. The Bertz CT molecular complexity index is 1220. The Morgan fingerprint density at radius 1 is 1.31 bits per heavy atom. The number of alkyl carbamates (subject to hydrolysis) is 1. The van der Waals surface area contributed by atoms with Gasteiger partial charge < -0.3 is 29.4 Å². The molecule has 1 aliphatic heterocycles. The van der Waals surface area contributed by atoms with E-state index in [1.165, 1.54) is 0 Å². The van der Waals surface area contributed by atoms with Crippen LogP contribution in [0.5, 0.6) is 0 Å². The van der Waals surface area contributed by atoms with Gasteiger partial charge in [0.25, 0.3) is 0 Å². The lowest BCUT2D eigenvalue weighted by Crippen LogP contribution is -2.49. The molecule has 0 saturated carbocycles. The molecule has 1 fully saturated rings. The first-order valence-corrected chi connectivity index (χ1v) is 12.5. The highest BCUT2D eigenvalue weighted by molar-refractivity contribution is 5.88. The van der Waals surface area contributed by atoms with E-state index in [9.17, 15) is 20.0 Å². The fourth-order valence-electron chi connectivity index (χ4n) is 5.30. The maximum absolute atomic E-state index is 13.0. The quantitative estimate of drug-likeness (QED) is 0.664. The molecule has 0 spiro atoms. The Labute approximate surface area is 212 Å². The molecule has 1 saturated heterocycles. The van der Waals surface area contributed by atoms with Gasteiger partial charge in [0, 0.05) is 42.1 Å². The lowest BCUT2D eigenvalue weighted by molar-refractivity contribution is -0.0106. The number of amides is 2. The van der Waals surface area contributed by atoms with E-state index in [0.29, 0.717) is 37.9 Å². The van der Waals surface area contributed by atoms with Gasteiger partial charge in [-0.15, -0.1) is 0 Å². The zero-order valence-electron chi connectivity index (χ0n) is 21.9. The van der Waals surface area contributed by atoms with Crippen LogP contribution in [0.4, 0.5) is 9.59 Å². The van der Waals surface area contributed by atoms with Crippen LogP contribution in [0.2, 0.25) is 0 Å². The van der Waals surface area contributed by atoms with Crippen LogP contribution in [0, 0.1) is 11.3 Å². The van der Waals surface area contributed by atoms with Crippen LogP contribution >= 0.6 is 0 Å². The number of rotatable bonds is 4. The first-order valence-electron chi connectivity index (χ1n) is 12.5. The summed E-state index contributed by atoms with van der Waals surface area (Å²) in [4.78, 5) is 26.9. The Balaban J connectivity index is 1.69. The van der Waals surface area contributed by atoms with Crippen molar-refractivity contribution in [3.8, 4) is 6.07 Å². The van der Waals surface area contributed by atoms with Gasteiger partial charge in [-0.3, -0.25) is 0 Å². The number of hydrogen-bond acceptors (Lipinski definition) is 6. The monoisotopic (exact) mass is 496 g/mol. The summed E-state index contributed by atoms with van der Waals surface area (Å²) < 4.78 is 13.0. The maximum atomic E-state index is 13.0. The summed E-state index contributed by atoms with van der Waals surface area (Å²) >= 11 is 0. The van der Waals surface area contributed by atoms with Crippen LogP contribution in [-0.2, 0) is 28.9 Å². The van der Waals surface area contributed by atoms with Gasteiger partial charge in [-0.1, -0.05) is 0 Å². The van der Waals surface area contributed by atoms with Crippen molar-refractivity contribution in [2.75, 3.05) is 6.54 Å². The predicted octanol–water partition coefficient (Wildman–Crippen LogP) is 3.88. The summed E-state index contributed by atoms with van der Waals surface area (Å²) in [6.07, 6.45) is 0.523. The molecule has 3 atom stereocenters. The molecule has 0 bridgehead atoms. The second-order valence-corrected chi connectivity index (χ2v) is 11.4. The smallest absolute Gasteiger partial charge is 0.410 e. The van der Waals surface area contributed by atoms with Gasteiger partial charge >= 0.3 is 12.2 Å². The van der Waals surface area contributed by atoms with Crippen molar-refractivity contribution in [2.45, 2.75) is 96.7 Å². The Morgan fingerprint density at radius 2 is 2.03 bits per heavy atom. The van der Waals surface area contributed by atoms with Crippen LogP contribution in [-0.4, -0.2) is 62.7 Å². The van der Waals surface area contributed by atoms with Crippen molar-refractivity contribution in [1.29, 1.82) is 5.26 Å². The molecular weight excluding hydrogens is 460 g/mol. The minimum atomic E-state index is -1.09. The number of fused-ring (bicyclic) bond motifs is 3. The normalized spacial score (nSPS) is 23.6. The Morgan fingerprint density at radius 3 is 2.67 bits per heavy atom. The van der Waals surface area contributed by atoms with Crippen LogP contribution < -0.4 is 5.32 Å². The van der Waals surface area contributed by atoms with Gasteiger partial charge in [0.15, 0.2) is 0 Å². The highest BCUT2D eigenvalue weighted by atomic mass is 16.6. The lowest BCUT2D eigenvalue weighted by atomic mass is 9.97. The van der Waals surface area contributed by atoms with Crippen LogP contribution in [0.3, 0.4) is 0 Å². The van der Waals surface area contributed by atoms with E-state index in [1.807, 2.05) is 32.9 Å². The van der Waals surface area contributed by atoms with Crippen LogP contribution in [0.25, 0.3) is 10.9 Å². The van der Waals surface area contributed by atoms with E-state index in [4.69, 9.17) is 9.47 Å². The summed E-state index contributed by atoms with van der Waals surface area (Å²) in [5.74, 6) is 0. The van der Waals surface area contributed by atoms with E-state index >= 15 is 0 Å². The third-order valence-corrected chi connectivity index (χ3v) is 6.91. The minimum Gasteiger partial charge on any atom is -0.447 e. The van der Waals surface area contributed by atoms with Gasteiger partial charge in [0.05, 0.1) is 29.4 Å². The fourth-order valence-corrected chi connectivity index (χ4v) is 5.30. The van der Waals surface area contributed by atoms with Crippen molar-refractivity contribution in [3.05, 3.63) is 35.0 Å². The molecule has 9 heteroatoms. The van der Waals surface area contributed by atoms with E-state index in [1.54, 1.807) is 31.7 Å². The first kappa shape index (κ1) is 25.8. The number of nitriles is 1. The van der Waals surface area contributed by atoms with Crippen LogP contribution in [0.15, 0.2) is 18.2 Å². The fraction of sp³-hybridized carbons (Fsp3) is 0.593. The van der Waals surface area contributed by atoms with E-state index in [-0.39, 0.29) is 12.1 Å². The zero-order chi connectivity index (χ0) is 26.4. The highest BCUT2D eigenvalue weighted by Crippen LogP contribution is 2.37. The number of carbonyl (C=O) groups excluding carboxylic acids is 2. The van der Waals surface area contributed by atoms with Crippen molar-refractivity contribution in [3.63, 3.8) is 0 Å². The number of aliphatic hydroxyl groups is 1. The van der Waals surface area contributed by atoms with Crippen LogP contribution in [0.1, 0.15) is 64.8 Å². The van der Waals surface area contributed by atoms with Gasteiger partial charge in [-0.2, -0.15) is 5.26 Å². The molecule has 1 aliphatic carbocycles. The third kappa shape index (κ3) is 5.14. The number of nitrogens with one attached hydrogen (secondary N) is 1. The lowest BCUT2D eigenvalue weighted by Gasteiger charge is -2.34. The molecule has 1 aromatic heterocycles. The number of hydrogen-bond donors (Lipinski definition) is 2. The summed E-state index contributed by atoms with van der Waals surface area (Å²) in [5.41, 5.74) is 1.86. The number of nitrogens with zero attached hydrogens (tertiary/aromatic N) is 3. The Kier molecular flexibility index (Phi) is 6.69. The second-order valence-electron chi connectivity index (χ2n) is 11.4. The largest absolute Gasteiger partial charge is 0.447 e. The third-order valence-electron chi connectivity index (χ3n) is 6.91. The average molecular weight is 497 g/mol. The number of ether oxygens (including phenoxy) is 2. The number of benzene rings is 1. The second kappa shape index (κ2) is 9.32. The standard InChI is InChI=1S/C27H36N4O5/c1-16(2)35-24(32)29-18-12-20-19-11-17(14-28)7-8-21(19)31(22(20)13-18)15-23-27(6,34)9-10-30(23)25(33)36-26(3,4)5/h7-8,11,16,18,23,34H,9-10,12-13,15H2,1-6H3,(H,29,32)/t18-,23?,27?/m0/s1. The van der Waals surface area contributed by atoms with Gasteiger partial charge in [-0.05, 0) is 78.1 Å². The molecule has 2 amide bonds. The molecular formula is C27H36N4O5. The highest BCUT2D eigenvalue weighted by Gasteiger charge is 2.47. The number of carbonyl (C=O) groups is 2. The van der Waals surface area contributed by atoms with Gasteiger partial charge in [-0.25, -0.2) is 9.59 Å². The molecule has 2 aliphatic rings. The summed E-state index contributed by atoms with van der Waals surface area (Å²) in [5, 5.41) is 24.6. The molecule has 2 N–H and O–H groups in total. The minimum absolute atomic E-state index is 0.145. The number of aromatic nitrogens is 1. The number of likely N-dealkylation sites (tertiary alicyclic amines) is 1. The molecule has 1 aromatic carbocycles. The SMILES string of the molecule is CC(C)OC(=O)N[C@H]1Cc2c(n(CC3N(C(=O)OC(C)(C)C)CCC3(C)O)c3ccc(C#N)cc23)C1. The summed E-state index contributed by atoms with van der Waals surface area (Å²) in [6, 6.07) is 7.13. The first-order chi connectivity index (χ1) is 16.8. The predicted molar refractivity (Wildman–Crippen MR) is 135 cm³/mol. The Hall–Kier alpha value is -3.25. The maximum Gasteiger partial charge on any atom is 0.410 e. The molecule has 2 unspecified atom stereocenters. The molecule has 2 heterocycles. The van der Waals surface area contributed by atoms with Gasteiger partial charge in [0.2, 0.25) is 0 Å².